The van der Waals surface area contributed by atoms with Gasteiger partial charge in [-0.25, -0.2) is 10.9 Å². The van der Waals surface area contributed by atoms with Crippen molar-refractivity contribution in [2.24, 2.45) is 5.92 Å². The fourth-order valence-corrected chi connectivity index (χ4v) is 4.49. The predicted octanol–water partition coefficient (Wildman–Crippen LogP) is 1.29. The van der Waals surface area contributed by atoms with Crippen molar-refractivity contribution in [1.29, 1.82) is 0 Å². The Morgan fingerprint density at radius 1 is 1.11 bits per heavy atom. The Labute approximate surface area is 160 Å². The second-order valence-electron chi connectivity index (χ2n) is 8.00. The van der Waals surface area contributed by atoms with Crippen LogP contribution < -0.4 is 16.2 Å². The Balaban J connectivity index is 1.31. The molecule has 2 amide bonds. The molecule has 3 heterocycles. The average molecular weight is 371 g/mol. The van der Waals surface area contributed by atoms with E-state index < -0.39 is 0 Å². The molecular weight excluding hydrogens is 342 g/mol. The first-order valence-electron chi connectivity index (χ1n) is 10.2. The highest BCUT2D eigenvalue weighted by atomic mass is 16.2. The summed E-state index contributed by atoms with van der Waals surface area (Å²) in [6.45, 7) is 1.27. The van der Waals surface area contributed by atoms with Gasteiger partial charge in [0, 0.05) is 25.3 Å². The normalized spacial score (nSPS) is 29.0. The minimum absolute atomic E-state index is 0.0337. The molecule has 7 heteroatoms. The smallest absolute Gasteiger partial charge is 0.241 e. The maximum Gasteiger partial charge on any atom is 0.241 e. The lowest BCUT2D eigenvalue weighted by atomic mass is 9.95. The summed E-state index contributed by atoms with van der Waals surface area (Å²) in [6, 6.07) is 5.91. The summed E-state index contributed by atoms with van der Waals surface area (Å²) < 4.78 is 0. The van der Waals surface area contributed by atoms with Crippen molar-refractivity contribution in [3.63, 3.8) is 0 Å². The van der Waals surface area contributed by atoms with Crippen LogP contribution in [0.5, 0.6) is 0 Å². The Morgan fingerprint density at radius 3 is 2.74 bits per heavy atom. The first-order valence-corrected chi connectivity index (χ1v) is 10.2. The molecule has 0 spiro atoms. The van der Waals surface area contributed by atoms with Crippen molar-refractivity contribution in [2.75, 3.05) is 13.1 Å². The van der Waals surface area contributed by atoms with Gasteiger partial charge in [0.2, 0.25) is 11.8 Å². The lowest BCUT2D eigenvalue weighted by Crippen LogP contribution is -2.52. The topological polar surface area (TPSA) is 86.4 Å². The molecule has 1 saturated carbocycles. The van der Waals surface area contributed by atoms with Crippen LogP contribution in [0, 0.1) is 5.92 Å². The number of amides is 2. The van der Waals surface area contributed by atoms with E-state index in [9.17, 15) is 9.59 Å². The summed E-state index contributed by atoms with van der Waals surface area (Å²) >= 11 is 0. The van der Waals surface area contributed by atoms with E-state index in [1.54, 1.807) is 6.20 Å². The van der Waals surface area contributed by atoms with E-state index in [4.69, 9.17) is 0 Å². The number of hydrogen-bond acceptors (Lipinski definition) is 5. The molecule has 3 N–H and O–H groups in total. The summed E-state index contributed by atoms with van der Waals surface area (Å²) in [5, 5.41) is 3.19. The van der Waals surface area contributed by atoms with Gasteiger partial charge in [0.05, 0.1) is 17.7 Å². The van der Waals surface area contributed by atoms with Gasteiger partial charge in [-0.15, -0.1) is 0 Å². The van der Waals surface area contributed by atoms with E-state index in [2.05, 4.69) is 21.2 Å². The van der Waals surface area contributed by atoms with Crippen molar-refractivity contribution >= 4 is 11.8 Å². The van der Waals surface area contributed by atoms with Crippen molar-refractivity contribution < 1.29 is 9.59 Å². The third kappa shape index (κ3) is 4.30. The summed E-state index contributed by atoms with van der Waals surface area (Å²) in [7, 11) is 0. The van der Waals surface area contributed by atoms with Crippen molar-refractivity contribution in [3.05, 3.63) is 30.1 Å². The fraction of sp³-hybridized carbons (Fsp3) is 0.650. The summed E-state index contributed by atoms with van der Waals surface area (Å²) in [5.74, 6) is 0.131. The molecule has 2 saturated heterocycles. The number of carbonyl (C=O) groups excluding carboxylic acids is 2. The van der Waals surface area contributed by atoms with Crippen molar-refractivity contribution in [1.82, 2.24) is 26.1 Å². The number of hydrazine groups is 1. The summed E-state index contributed by atoms with van der Waals surface area (Å²) in [4.78, 5) is 31.8. The highest BCUT2D eigenvalue weighted by Crippen LogP contribution is 2.24. The van der Waals surface area contributed by atoms with Gasteiger partial charge in [-0.05, 0) is 44.2 Å². The zero-order valence-corrected chi connectivity index (χ0v) is 15.7. The summed E-state index contributed by atoms with van der Waals surface area (Å²) in [5.41, 5.74) is 7.25. The van der Waals surface area contributed by atoms with E-state index in [1.165, 1.54) is 12.8 Å². The van der Waals surface area contributed by atoms with Crippen LogP contribution in [-0.2, 0) is 9.59 Å². The van der Waals surface area contributed by atoms with Gasteiger partial charge in [-0.3, -0.25) is 14.6 Å². The maximum absolute atomic E-state index is 13.0. The molecule has 3 atom stereocenters. The number of aromatic nitrogens is 1. The van der Waals surface area contributed by atoms with Gasteiger partial charge in [-0.1, -0.05) is 18.9 Å². The Bertz CT molecular complexity index is 662. The molecule has 3 unspecified atom stereocenters. The number of piperidine rings is 1. The summed E-state index contributed by atoms with van der Waals surface area (Å²) in [6.07, 6.45) is 8.79. The van der Waals surface area contributed by atoms with Gasteiger partial charge in [-0.2, -0.15) is 0 Å². The lowest BCUT2D eigenvalue weighted by molar-refractivity contribution is -0.137. The Kier molecular flexibility index (Phi) is 5.69. The third-order valence-electron chi connectivity index (χ3n) is 6.05. The van der Waals surface area contributed by atoms with Crippen LogP contribution >= 0.6 is 0 Å². The fourth-order valence-electron chi connectivity index (χ4n) is 4.49. The number of rotatable bonds is 4. The van der Waals surface area contributed by atoms with Gasteiger partial charge < -0.3 is 10.2 Å². The molecular formula is C20H29N5O2. The molecule has 27 heavy (non-hydrogen) atoms. The van der Waals surface area contributed by atoms with Gasteiger partial charge in [0.25, 0.3) is 0 Å². The standard InChI is InChI=1S/C20H29N5O2/c26-19(22-15-7-1-2-8-15)14-6-5-11-25(13-14)20(27)18-12-17(23-24-18)16-9-3-4-10-21-16/h3-4,9-10,14-15,17-18,23-24H,1-2,5-8,11-13H2,(H,22,26). The van der Waals surface area contributed by atoms with E-state index in [0.29, 0.717) is 19.0 Å². The van der Waals surface area contributed by atoms with E-state index in [1.807, 2.05) is 23.1 Å². The third-order valence-corrected chi connectivity index (χ3v) is 6.05. The molecule has 1 aromatic heterocycles. The van der Waals surface area contributed by atoms with E-state index >= 15 is 0 Å². The number of nitrogens with one attached hydrogen (secondary N) is 3. The maximum atomic E-state index is 13.0. The highest BCUT2D eigenvalue weighted by molar-refractivity contribution is 5.84. The molecule has 4 rings (SSSR count). The first kappa shape index (κ1) is 18.4. The monoisotopic (exact) mass is 371 g/mol. The molecule has 7 nitrogen and oxygen atoms in total. The Hall–Kier alpha value is -1.99. The van der Waals surface area contributed by atoms with Gasteiger partial charge in [0.1, 0.15) is 6.04 Å². The highest BCUT2D eigenvalue weighted by Gasteiger charge is 2.36. The number of pyridine rings is 1. The largest absolute Gasteiger partial charge is 0.353 e. The van der Waals surface area contributed by atoms with Crippen LogP contribution in [0.2, 0.25) is 0 Å². The number of nitrogens with zero attached hydrogens (tertiary/aromatic N) is 2. The zero-order valence-electron chi connectivity index (χ0n) is 15.7. The second-order valence-corrected chi connectivity index (χ2v) is 8.00. The quantitative estimate of drug-likeness (QED) is 0.742. The van der Waals surface area contributed by atoms with Crippen LogP contribution in [-0.4, -0.2) is 46.9 Å². The number of likely N-dealkylation sites (tertiary alicyclic amines) is 1. The zero-order chi connectivity index (χ0) is 18.6. The minimum Gasteiger partial charge on any atom is -0.353 e. The minimum atomic E-state index is -0.270. The molecule has 3 aliphatic rings. The van der Waals surface area contributed by atoms with Crippen molar-refractivity contribution in [3.8, 4) is 0 Å². The van der Waals surface area contributed by atoms with Gasteiger partial charge in [0.15, 0.2) is 0 Å². The molecule has 146 valence electrons. The Morgan fingerprint density at radius 2 is 1.96 bits per heavy atom. The molecule has 3 fully saturated rings. The SMILES string of the molecule is O=C(NC1CCCC1)C1CCCN(C(=O)C2CC(c3ccccn3)NN2)C1. The average Bonchev–Trinajstić information content (AvgIpc) is 3.40. The van der Waals surface area contributed by atoms with Gasteiger partial charge >= 0.3 is 0 Å². The van der Waals surface area contributed by atoms with Crippen LogP contribution in [0.15, 0.2) is 24.4 Å². The van der Waals surface area contributed by atoms with Crippen LogP contribution in [0.25, 0.3) is 0 Å². The first-order chi connectivity index (χ1) is 13.2. The number of hydrogen-bond donors (Lipinski definition) is 3. The predicted molar refractivity (Wildman–Crippen MR) is 101 cm³/mol. The second kappa shape index (κ2) is 8.35. The van der Waals surface area contributed by atoms with Crippen LogP contribution in [0.4, 0.5) is 0 Å². The molecule has 1 aromatic rings. The van der Waals surface area contributed by atoms with Crippen LogP contribution in [0.3, 0.4) is 0 Å². The lowest BCUT2D eigenvalue weighted by Gasteiger charge is -2.34. The molecule has 2 aliphatic heterocycles. The molecule has 0 bridgehead atoms. The van der Waals surface area contributed by atoms with E-state index in [0.717, 1.165) is 37.9 Å². The molecule has 0 aromatic carbocycles. The van der Waals surface area contributed by atoms with Crippen LogP contribution in [0.1, 0.15) is 56.7 Å². The molecule has 1 aliphatic carbocycles. The molecule has 0 radical (unpaired) electrons. The number of carbonyl (C=O) groups is 2. The van der Waals surface area contributed by atoms with E-state index in [-0.39, 0.29) is 29.8 Å². The van der Waals surface area contributed by atoms with Crippen molar-refractivity contribution in [2.45, 2.75) is 63.1 Å².